The SMILES string of the molecule is CC(Oc1ccc2c(c1)C(c1ccc(F)cc1)N(C(=O)C1CC1)CC2)C(=O)N1CCOCC1. The van der Waals surface area contributed by atoms with Crippen molar-refractivity contribution < 1.29 is 23.5 Å². The Morgan fingerprint density at radius 3 is 2.48 bits per heavy atom. The summed E-state index contributed by atoms with van der Waals surface area (Å²) < 4.78 is 25.0. The van der Waals surface area contributed by atoms with E-state index in [2.05, 4.69) is 0 Å². The molecule has 0 radical (unpaired) electrons. The van der Waals surface area contributed by atoms with Gasteiger partial charge in [0.25, 0.3) is 5.91 Å². The zero-order valence-electron chi connectivity index (χ0n) is 18.8. The molecule has 2 heterocycles. The Morgan fingerprint density at radius 1 is 1.06 bits per heavy atom. The molecule has 0 spiro atoms. The lowest BCUT2D eigenvalue weighted by molar-refractivity contribution is -0.142. The number of fused-ring (bicyclic) bond motifs is 1. The van der Waals surface area contributed by atoms with Crippen LogP contribution in [0.25, 0.3) is 0 Å². The molecule has 2 aliphatic heterocycles. The lowest BCUT2D eigenvalue weighted by atomic mass is 9.87. The second-order valence-electron chi connectivity index (χ2n) is 9.07. The van der Waals surface area contributed by atoms with Crippen LogP contribution in [0.3, 0.4) is 0 Å². The van der Waals surface area contributed by atoms with E-state index in [1.807, 2.05) is 23.1 Å². The molecule has 2 atom stereocenters. The van der Waals surface area contributed by atoms with Gasteiger partial charge in [-0.3, -0.25) is 9.59 Å². The molecular weight excluding hydrogens is 423 g/mol. The van der Waals surface area contributed by atoms with Gasteiger partial charge >= 0.3 is 0 Å². The molecule has 0 N–H and O–H groups in total. The standard InChI is InChI=1S/C26H29FN2O4/c1-17(25(30)28-12-14-32-15-13-28)33-22-9-6-18-10-11-29(26(31)20-2-3-20)24(23(18)16-22)19-4-7-21(27)8-5-19/h4-9,16-17,20,24H,2-3,10-15H2,1H3. The van der Waals surface area contributed by atoms with Crippen LogP contribution in [0.15, 0.2) is 42.5 Å². The fourth-order valence-corrected chi connectivity index (χ4v) is 4.77. The van der Waals surface area contributed by atoms with Gasteiger partial charge in [0.1, 0.15) is 11.6 Å². The molecule has 1 saturated carbocycles. The maximum absolute atomic E-state index is 13.6. The van der Waals surface area contributed by atoms with E-state index in [9.17, 15) is 14.0 Å². The number of carbonyl (C=O) groups is 2. The Balaban J connectivity index is 1.43. The second kappa shape index (κ2) is 9.14. The smallest absolute Gasteiger partial charge is 0.263 e. The Hall–Kier alpha value is -2.93. The van der Waals surface area contributed by atoms with Gasteiger partial charge in [0.2, 0.25) is 5.91 Å². The third kappa shape index (κ3) is 4.60. The molecule has 5 rings (SSSR count). The summed E-state index contributed by atoms with van der Waals surface area (Å²) in [5.41, 5.74) is 3.00. The molecule has 0 bridgehead atoms. The van der Waals surface area contributed by atoms with E-state index >= 15 is 0 Å². The van der Waals surface area contributed by atoms with E-state index < -0.39 is 6.10 Å². The van der Waals surface area contributed by atoms with E-state index in [1.54, 1.807) is 24.0 Å². The van der Waals surface area contributed by atoms with Crippen LogP contribution in [0, 0.1) is 11.7 Å². The Kier molecular flexibility index (Phi) is 6.06. The van der Waals surface area contributed by atoms with Crippen molar-refractivity contribution in [2.24, 2.45) is 5.92 Å². The minimum absolute atomic E-state index is 0.0587. The third-order valence-electron chi connectivity index (χ3n) is 6.72. The third-order valence-corrected chi connectivity index (χ3v) is 6.72. The molecular formula is C26H29FN2O4. The van der Waals surface area contributed by atoms with Crippen LogP contribution in [-0.4, -0.2) is 60.6 Å². The minimum Gasteiger partial charge on any atom is -0.481 e. The Bertz CT molecular complexity index is 1030. The molecule has 2 unspecified atom stereocenters. The van der Waals surface area contributed by atoms with Crippen molar-refractivity contribution in [3.8, 4) is 5.75 Å². The van der Waals surface area contributed by atoms with Crippen LogP contribution in [0.4, 0.5) is 4.39 Å². The molecule has 7 heteroatoms. The van der Waals surface area contributed by atoms with Crippen LogP contribution >= 0.6 is 0 Å². The molecule has 2 amide bonds. The Labute approximate surface area is 193 Å². The van der Waals surface area contributed by atoms with Crippen LogP contribution < -0.4 is 4.74 Å². The highest BCUT2D eigenvalue weighted by molar-refractivity contribution is 5.82. The first-order chi connectivity index (χ1) is 16.0. The van der Waals surface area contributed by atoms with Crippen LogP contribution in [0.5, 0.6) is 5.75 Å². The number of rotatable bonds is 5. The quantitative estimate of drug-likeness (QED) is 0.698. The lowest BCUT2D eigenvalue weighted by Crippen LogP contribution is -2.46. The number of halogens is 1. The van der Waals surface area contributed by atoms with Crippen LogP contribution in [0.1, 0.15) is 42.5 Å². The van der Waals surface area contributed by atoms with Gasteiger partial charge in [-0.2, -0.15) is 0 Å². The molecule has 6 nitrogen and oxygen atoms in total. The monoisotopic (exact) mass is 452 g/mol. The first kappa shape index (κ1) is 21.9. The van der Waals surface area contributed by atoms with Gasteiger partial charge in [-0.15, -0.1) is 0 Å². The first-order valence-electron chi connectivity index (χ1n) is 11.7. The van der Waals surface area contributed by atoms with Crippen LogP contribution in [0.2, 0.25) is 0 Å². The van der Waals surface area contributed by atoms with Gasteiger partial charge in [-0.1, -0.05) is 18.2 Å². The molecule has 1 saturated heterocycles. The molecule has 2 aromatic carbocycles. The normalized spacial score (nSPS) is 21.3. The van der Waals surface area contributed by atoms with Crippen molar-refractivity contribution in [3.05, 3.63) is 65.0 Å². The van der Waals surface area contributed by atoms with Gasteiger partial charge in [0, 0.05) is 25.6 Å². The summed E-state index contributed by atoms with van der Waals surface area (Å²) in [6.45, 7) is 4.63. The fraction of sp³-hybridized carbons (Fsp3) is 0.462. The predicted octanol–water partition coefficient (Wildman–Crippen LogP) is 3.34. The van der Waals surface area contributed by atoms with E-state index in [0.717, 1.165) is 36.0 Å². The number of benzene rings is 2. The zero-order valence-corrected chi connectivity index (χ0v) is 18.8. The fourth-order valence-electron chi connectivity index (χ4n) is 4.77. The molecule has 1 aliphatic carbocycles. The van der Waals surface area contributed by atoms with Crippen molar-refractivity contribution in [2.75, 3.05) is 32.8 Å². The maximum Gasteiger partial charge on any atom is 0.263 e. The van der Waals surface area contributed by atoms with Gasteiger partial charge < -0.3 is 19.3 Å². The molecule has 0 aromatic heterocycles. The van der Waals surface area contributed by atoms with Gasteiger partial charge in [-0.25, -0.2) is 4.39 Å². The summed E-state index contributed by atoms with van der Waals surface area (Å²) in [6.07, 6.45) is 2.00. The number of ether oxygens (including phenoxy) is 2. The van der Waals surface area contributed by atoms with E-state index in [-0.39, 0.29) is 29.6 Å². The molecule has 2 fully saturated rings. The number of nitrogens with zero attached hydrogens (tertiary/aromatic N) is 2. The van der Waals surface area contributed by atoms with Crippen LogP contribution in [-0.2, 0) is 20.7 Å². The largest absolute Gasteiger partial charge is 0.481 e. The van der Waals surface area contributed by atoms with Gasteiger partial charge in [0.05, 0.1) is 19.3 Å². The number of hydrogen-bond donors (Lipinski definition) is 0. The topological polar surface area (TPSA) is 59.1 Å². The summed E-state index contributed by atoms with van der Waals surface area (Å²) in [5.74, 6) is 0.493. The van der Waals surface area contributed by atoms with Crippen molar-refractivity contribution in [1.29, 1.82) is 0 Å². The average molecular weight is 453 g/mol. The van der Waals surface area contributed by atoms with Crippen molar-refractivity contribution in [2.45, 2.75) is 38.3 Å². The van der Waals surface area contributed by atoms with Crippen molar-refractivity contribution in [3.63, 3.8) is 0 Å². The number of hydrogen-bond acceptors (Lipinski definition) is 4. The average Bonchev–Trinajstić information content (AvgIpc) is 3.69. The summed E-state index contributed by atoms with van der Waals surface area (Å²) in [5, 5.41) is 0. The second-order valence-corrected chi connectivity index (χ2v) is 9.07. The summed E-state index contributed by atoms with van der Waals surface area (Å²) in [7, 11) is 0. The zero-order chi connectivity index (χ0) is 22.9. The number of carbonyl (C=O) groups excluding carboxylic acids is 2. The minimum atomic E-state index is -0.627. The molecule has 174 valence electrons. The van der Waals surface area contributed by atoms with Crippen molar-refractivity contribution >= 4 is 11.8 Å². The summed E-state index contributed by atoms with van der Waals surface area (Å²) in [4.78, 5) is 29.6. The Morgan fingerprint density at radius 2 is 1.79 bits per heavy atom. The highest BCUT2D eigenvalue weighted by Gasteiger charge is 2.39. The first-order valence-corrected chi connectivity index (χ1v) is 11.7. The van der Waals surface area contributed by atoms with E-state index in [1.165, 1.54) is 12.1 Å². The van der Waals surface area contributed by atoms with E-state index in [0.29, 0.717) is 38.6 Å². The van der Waals surface area contributed by atoms with Gasteiger partial charge in [-0.05, 0) is 67.1 Å². The lowest BCUT2D eigenvalue weighted by Gasteiger charge is -2.38. The van der Waals surface area contributed by atoms with E-state index in [4.69, 9.17) is 9.47 Å². The number of amides is 2. The molecule has 3 aliphatic rings. The molecule has 2 aromatic rings. The maximum atomic E-state index is 13.6. The summed E-state index contributed by atoms with van der Waals surface area (Å²) >= 11 is 0. The molecule has 33 heavy (non-hydrogen) atoms. The van der Waals surface area contributed by atoms with Crippen molar-refractivity contribution in [1.82, 2.24) is 9.80 Å². The number of morpholine rings is 1. The highest BCUT2D eigenvalue weighted by Crippen LogP contribution is 2.41. The highest BCUT2D eigenvalue weighted by atomic mass is 19.1. The van der Waals surface area contributed by atoms with Gasteiger partial charge in [0.15, 0.2) is 6.10 Å². The predicted molar refractivity (Wildman–Crippen MR) is 120 cm³/mol. The summed E-state index contributed by atoms with van der Waals surface area (Å²) in [6, 6.07) is 11.9.